The van der Waals surface area contributed by atoms with Crippen molar-refractivity contribution in [3.05, 3.63) is 57.6 Å². The first-order valence-electron chi connectivity index (χ1n) is 8.12. The molecule has 158 valence electrons. The Kier molecular flexibility index (Phi) is 6.37. The molecule has 0 spiro atoms. The topological polar surface area (TPSA) is 26.3 Å². The number of rotatable bonds is 4. The molecule has 0 N–H and O–H groups in total. The summed E-state index contributed by atoms with van der Waals surface area (Å²) in [6.07, 6.45) is -12.4. The monoisotopic (exact) mass is 486 g/mol. The van der Waals surface area contributed by atoms with Gasteiger partial charge in [0.05, 0.1) is 12.7 Å². The molecule has 29 heavy (non-hydrogen) atoms. The quantitative estimate of drug-likeness (QED) is 0.352. The van der Waals surface area contributed by atoms with Crippen molar-refractivity contribution in [2.75, 3.05) is 7.11 Å². The lowest BCUT2D eigenvalue weighted by Crippen LogP contribution is -2.50. The van der Waals surface area contributed by atoms with E-state index in [9.17, 15) is 35.5 Å². The van der Waals surface area contributed by atoms with E-state index in [4.69, 9.17) is 0 Å². The number of aryl methyl sites for hydroxylation is 1. The van der Waals surface area contributed by atoms with Crippen molar-refractivity contribution < 1.29 is 40.3 Å². The molecule has 10 heteroatoms. The third kappa shape index (κ3) is 4.12. The molecule has 0 amide bonds. The number of ether oxygens (including phenoxy) is 1. The molecule has 2 nitrogen and oxygen atoms in total. The lowest BCUT2D eigenvalue weighted by atomic mass is 9.85. The number of esters is 1. The molecule has 0 saturated carbocycles. The van der Waals surface area contributed by atoms with Gasteiger partial charge in [-0.3, -0.25) is 0 Å². The van der Waals surface area contributed by atoms with E-state index in [1.54, 1.807) is 0 Å². The van der Waals surface area contributed by atoms with Crippen LogP contribution in [0.4, 0.5) is 30.7 Å². The van der Waals surface area contributed by atoms with E-state index in [0.717, 1.165) is 31.4 Å². The number of alkyl halides is 7. The minimum atomic E-state index is -6.25. The highest BCUT2D eigenvalue weighted by Crippen LogP contribution is 2.56. The first kappa shape index (κ1) is 23.2. The predicted molar refractivity (Wildman–Crippen MR) is 95.2 cm³/mol. The Balaban J connectivity index is 2.86. The van der Waals surface area contributed by atoms with Gasteiger partial charge in [-0.15, -0.1) is 0 Å². The zero-order valence-corrected chi connectivity index (χ0v) is 16.6. The van der Waals surface area contributed by atoms with Crippen molar-refractivity contribution in [1.82, 2.24) is 0 Å². The molecule has 2 rings (SSSR count). The maximum absolute atomic E-state index is 14.9. The fourth-order valence-corrected chi connectivity index (χ4v) is 3.53. The van der Waals surface area contributed by atoms with E-state index in [1.165, 1.54) is 13.0 Å². The number of halogens is 8. The van der Waals surface area contributed by atoms with Crippen LogP contribution in [0.1, 0.15) is 28.4 Å². The Bertz CT molecular complexity index is 888. The van der Waals surface area contributed by atoms with E-state index in [0.29, 0.717) is 6.07 Å². The number of benzene rings is 2. The SMILES string of the molecule is CCc1cc(Br)c(-c2ccc(C(=O)OC)cc2)c(C(F)(C(F)(F)F)C(F)(F)F)c1. The summed E-state index contributed by atoms with van der Waals surface area (Å²) < 4.78 is 99.6. The first-order chi connectivity index (χ1) is 13.3. The highest BCUT2D eigenvalue weighted by molar-refractivity contribution is 9.10. The molecular formula is C19H14BrF7O2. The van der Waals surface area contributed by atoms with Gasteiger partial charge < -0.3 is 4.74 Å². The predicted octanol–water partition coefficient (Wildman–Crippen LogP) is 6.75. The third-order valence-corrected chi connectivity index (χ3v) is 4.93. The Hall–Kier alpha value is -2.10. The minimum Gasteiger partial charge on any atom is -0.465 e. The van der Waals surface area contributed by atoms with Crippen LogP contribution in [0.2, 0.25) is 0 Å². The number of methoxy groups -OCH3 is 1. The molecule has 0 atom stereocenters. The van der Waals surface area contributed by atoms with Crippen LogP contribution >= 0.6 is 15.9 Å². The van der Waals surface area contributed by atoms with Crippen LogP contribution in [0.25, 0.3) is 11.1 Å². The molecule has 0 aromatic heterocycles. The molecule has 2 aromatic carbocycles. The zero-order valence-electron chi connectivity index (χ0n) is 15.0. The van der Waals surface area contributed by atoms with Crippen molar-refractivity contribution in [3.8, 4) is 11.1 Å². The maximum Gasteiger partial charge on any atom is 0.435 e. The number of carbonyl (C=O) groups is 1. The third-order valence-electron chi connectivity index (χ3n) is 4.31. The second kappa shape index (κ2) is 7.97. The fraction of sp³-hybridized carbons (Fsp3) is 0.316. The van der Waals surface area contributed by atoms with Crippen molar-refractivity contribution >= 4 is 21.9 Å². The van der Waals surface area contributed by atoms with Gasteiger partial charge in [-0.1, -0.05) is 41.1 Å². The molecule has 0 saturated heterocycles. The summed E-state index contributed by atoms with van der Waals surface area (Å²) >= 11 is 2.97. The van der Waals surface area contributed by atoms with E-state index in [1.807, 2.05) is 0 Å². The Morgan fingerprint density at radius 2 is 1.48 bits per heavy atom. The average molecular weight is 487 g/mol. The summed E-state index contributed by atoms with van der Waals surface area (Å²) in [6.45, 7) is 1.51. The summed E-state index contributed by atoms with van der Waals surface area (Å²) in [4.78, 5) is 11.5. The normalized spacial score (nSPS) is 12.8. The Morgan fingerprint density at radius 3 is 1.90 bits per heavy atom. The van der Waals surface area contributed by atoms with Crippen LogP contribution < -0.4 is 0 Å². The van der Waals surface area contributed by atoms with Gasteiger partial charge in [0.1, 0.15) is 0 Å². The molecule has 0 aliphatic carbocycles. The summed E-state index contributed by atoms with van der Waals surface area (Å²) in [5, 5.41) is 0. The van der Waals surface area contributed by atoms with Crippen molar-refractivity contribution in [3.63, 3.8) is 0 Å². The smallest absolute Gasteiger partial charge is 0.435 e. The van der Waals surface area contributed by atoms with Gasteiger partial charge in [0.25, 0.3) is 0 Å². The van der Waals surface area contributed by atoms with Gasteiger partial charge >= 0.3 is 24.0 Å². The van der Waals surface area contributed by atoms with Gasteiger partial charge in [-0.05, 0) is 35.7 Å². The summed E-state index contributed by atoms with van der Waals surface area (Å²) in [7, 11) is 1.11. The molecular weight excluding hydrogens is 473 g/mol. The molecule has 0 bridgehead atoms. The lowest BCUT2D eigenvalue weighted by Gasteiger charge is -2.32. The standard InChI is InChI=1S/C19H14BrF7O2/c1-3-10-8-13(17(21,18(22,23)24)19(25,26)27)15(14(20)9-10)11-4-6-12(7-5-11)16(28)29-2/h4-9H,3H2,1-2H3. The van der Waals surface area contributed by atoms with Crippen LogP contribution in [0.15, 0.2) is 40.9 Å². The van der Waals surface area contributed by atoms with Crippen LogP contribution in [-0.2, 0) is 16.8 Å². The van der Waals surface area contributed by atoms with Crippen LogP contribution in [0.5, 0.6) is 0 Å². The van der Waals surface area contributed by atoms with Gasteiger partial charge in [-0.2, -0.15) is 26.3 Å². The van der Waals surface area contributed by atoms with Crippen molar-refractivity contribution in [1.29, 1.82) is 0 Å². The summed E-state index contributed by atoms with van der Waals surface area (Å²) in [5.41, 5.74) is -7.82. The van der Waals surface area contributed by atoms with E-state index in [-0.39, 0.29) is 27.6 Å². The van der Waals surface area contributed by atoms with E-state index in [2.05, 4.69) is 20.7 Å². The largest absolute Gasteiger partial charge is 0.465 e. The first-order valence-corrected chi connectivity index (χ1v) is 8.91. The summed E-state index contributed by atoms with van der Waals surface area (Å²) in [5.74, 6) is -0.748. The summed E-state index contributed by atoms with van der Waals surface area (Å²) in [6, 6.07) is 6.44. The molecule has 0 radical (unpaired) electrons. The Labute approximate surface area is 169 Å². The molecule has 2 aromatic rings. The number of hydrogen-bond donors (Lipinski definition) is 0. The highest BCUT2D eigenvalue weighted by atomic mass is 79.9. The van der Waals surface area contributed by atoms with Gasteiger partial charge in [-0.25, -0.2) is 9.18 Å². The maximum atomic E-state index is 14.9. The average Bonchev–Trinajstić information content (AvgIpc) is 2.64. The highest BCUT2D eigenvalue weighted by Gasteiger charge is 2.74. The zero-order chi connectivity index (χ0) is 22.2. The van der Waals surface area contributed by atoms with Crippen LogP contribution in [0.3, 0.4) is 0 Å². The Morgan fingerprint density at radius 1 is 0.966 bits per heavy atom. The lowest BCUT2D eigenvalue weighted by molar-refractivity contribution is -0.348. The van der Waals surface area contributed by atoms with Gasteiger partial charge in [0.15, 0.2) is 0 Å². The van der Waals surface area contributed by atoms with Crippen molar-refractivity contribution in [2.24, 2.45) is 0 Å². The second-order valence-electron chi connectivity index (χ2n) is 6.08. The van der Waals surface area contributed by atoms with Gasteiger partial charge in [0, 0.05) is 15.6 Å². The van der Waals surface area contributed by atoms with Crippen LogP contribution in [-0.4, -0.2) is 25.4 Å². The molecule has 0 heterocycles. The van der Waals surface area contributed by atoms with Crippen LogP contribution in [0, 0.1) is 0 Å². The minimum absolute atomic E-state index is 0.0252. The van der Waals surface area contributed by atoms with E-state index < -0.39 is 35.1 Å². The fourth-order valence-electron chi connectivity index (χ4n) is 2.79. The van der Waals surface area contributed by atoms with Gasteiger partial charge in [0.2, 0.25) is 0 Å². The second-order valence-corrected chi connectivity index (χ2v) is 6.93. The molecule has 0 fully saturated rings. The molecule has 0 unspecified atom stereocenters. The van der Waals surface area contributed by atoms with E-state index >= 15 is 0 Å². The van der Waals surface area contributed by atoms with Crippen molar-refractivity contribution in [2.45, 2.75) is 31.4 Å². The number of hydrogen-bond acceptors (Lipinski definition) is 2. The number of carbonyl (C=O) groups excluding carboxylic acids is 1. The molecule has 0 aliphatic heterocycles. The molecule has 0 aliphatic rings.